The SMILES string of the molecule is Nc1nc(CC(=O)c2cc3ccccc3o2)cs1. The molecule has 1 aromatic carbocycles. The van der Waals surface area contributed by atoms with Crippen LogP contribution < -0.4 is 5.73 Å². The Hall–Kier alpha value is -2.14. The number of para-hydroxylation sites is 1. The number of furan rings is 1. The van der Waals surface area contributed by atoms with Gasteiger partial charge in [-0.3, -0.25) is 4.79 Å². The van der Waals surface area contributed by atoms with Crippen molar-refractivity contribution in [2.75, 3.05) is 5.73 Å². The zero-order valence-corrected chi connectivity index (χ0v) is 10.2. The summed E-state index contributed by atoms with van der Waals surface area (Å²) in [5.41, 5.74) is 6.93. The van der Waals surface area contributed by atoms with Crippen LogP contribution in [0.4, 0.5) is 5.13 Å². The standard InChI is InChI=1S/C13H10N2O2S/c14-13-15-9(7-18-13)6-10(16)12-5-8-3-1-2-4-11(8)17-12/h1-5,7H,6H2,(H2,14,15). The quantitative estimate of drug-likeness (QED) is 0.733. The van der Waals surface area contributed by atoms with Crippen LogP contribution in [0.3, 0.4) is 0 Å². The van der Waals surface area contributed by atoms with Crippen LogP contribution in [-0.4, -0.2) is 10.8 Å². The summed E-state index contributed by atoms with van der Waals surface area (Å²) < 4.78 is 5.50. The molecular formula is C13H10N2O2S. The van der Waals surface area contributed by atoms with E-state index < -0.39 is 0 Å². The Labute approximate surface area is 107 Å². The topological polar surface area (TPSA) is 69.1 Å². The summed E-state index contributed by atoms with van der Waals surface area (Å²) in [5, 5.41) is 3.19. The summed E-state index contributed by atoms with van der Waals surface area (Å²) in [6.07, 6.45) is 0.216. The van der Waals surface area contributed by atoms with E-state index in [0.29, 0.717) is 16.6 Å². The normalized spacial score (nSPS) is 10.9. The predicted molar refractivity (Wildman–Crippen MR) is 70.8 cm³/mol. The molecule has 0 radical (unpaired) electrons. The molecule has 0 unspecified atom stereocenters. The minimum atomic E-state index is -0.0866. The average molecular weight is 258 g/mol. The van der Waals surface area contributed by atoms with Gasteiger partial charge in [0, 0.05) is 10.8 Å². The van der Waals surface area contributed by atoms with Crippen LogP contribution in [0.2, 0.25) is 0 Å². The van der Waals surface area contributed by atoms with Crippen LogP contribution in [0, 0.1) is 0 Å². The fraction of sp³-hybridized carbons (Fsp3) is 0.0769. The van der Waals surface area contributed by atoms with Crippen LogP contribution in [-0.2, 0) is 6.42 Å². The number of fused-ring (bicyclic) bond motifs is 1. The Morgan fingerprint density at radius 3 is 2.94 bits per heavy atom. The van der Waals surface area contributed by atoms with Crippen molar-refractivity contribution in [1.82, 2.24) is 4.98 Å². The zero-order chi connectivity index (χ0) is 12.5. The van der Waals surface area contributed by atoms with E-state index in [1.165, 1.54) is 11.3 Å². The van der Waals surface area contributed by atoms with Gasteiger partial charge in [0.15, 0.2) is 10.9 Å². The highest BCUT2D eigenvalue weighted by molar-refractivity contribution is 7.13. The summed E-state index contributed by atoms with van der Waals surface area (Å²) in [7, 11) is 0. The van der Waals surface area contributed by atoms with Gasteiger partial charge in [0.1, 0.15) is 5.58 Å². The van der Waals surface area contributed by atoms with Gasteiger partial charge in [-0.05, 0) is 12.1 Å². The van der Waals surface area contributed by atoms with Crippen LogP contribution in [0.5, 0.6) is 0 Å². The van der Waals surface area contributed by atoms with Gasteiger partial charge in [0.05, 0.1) is 12.1 Å². The first-order valence-corrected chi connectivity index (χ1v) is 6.32. The average Bonchev–Trinajstić information content (AvgIpc) is 2.95. The number of carbonyl (C=O) groups excluding carboxylic acids is 1. The molecule has 5 heteroatoms. The van der Waals surface area contributed by atoms with Gasteiger partial charge in [-0.1, -0.05) is 18.2 Å². The van der Waals surface area contributed by atoms with Gasteiger partial charge in [-0.15, -0.1) is 11.3 Å². The molecule has 2 heterocycles. The monoisotopic (exact) mass is 258 g/mol. The number of carbonyl (C=O) groups is 1. The van der Waals surface area contributed by atoms with E-state index in [9.17, 15) is 4.79 Å². The number of thiazole rings is 1. The van der Waals surface area contributed by atoms with Gasteiger partial charge in [0.25, 0.3) is 0 Å². The van der Waals surface area contributed by atoms with E-state index in [2.05, 4.69) is 4.98 Å². The lowest BCUT2D eigenvalue weighted by atomic mass is 10.2. The molecule has 0 fully saturated rings. The molecule has 3 rings (SSSR count). The third-order valence-corrected chi connectivity index (χ3v) is 3.33. The lowest BCUT2D eigenvalue weighted by molar-refractivity contribution is 0.0967. The minimum absolute atomic E-state index is 0.0866. The number of hydrogen-bond donors (Lipinski definition) is 1. The van der Waals surface area contributed by atoms with Crippen LogP contribution in [0.25, 0.3) is 11.0 Å². The Balaban J connectivity index is 1.87. The molecule has 2 N–H and O–H groups in total. The van der Waals surface area contributed by atoms with Crippen molar-refractivity contribution in [3.8, 4) is 0 Å². The summed E-state index contributed by atoms with van der Waals surface area (Å²) >= 11 is 1.33. The third-order valence-electron chi connectivity index (χ3n) is 2.61. The second-order valence-corrected chi connectivity index (χ2v) is 4.82. The van der Waals surface area contributed by atoms with Crippen molar-refractivity contribution in [2.24, 2.45) is 0 Å². The molecule has 0 spiro atoms. The number of nitrogens with two attached hydrogens (primary N) is 1. The number of hydrogen-bond acceptors (Lipinski definition) is 5. The highest BCUT2D eigenvalue weighted by Crippen LogP contribution is 2.20. The van der Waals surface area contributed by atoms with Gasteiger partial charge in [0.2, 0.25) is 5.78 Å². The predicted octanol–water partition coefficient (Wildman–Crippen LogP) is 2.90. The van der Waals surface area contributed by atoms with Crippen LogP contribution in [0.15, 0.2) is 40.1 Å². The van der Waals surface area contributed by atoms with Crippen LogP contribution in [0.1, 0.15) is 16.2 Å². The number of benzene rings is 1. The van der Waals surface area contributed by atoms with Gasteiger partial charge < -0.3 is 10.2 Å². The smallest absolute Gasteiger partial charge is 0.204 e. The highest BCUT2D eigenvalue weighted by atomic mass is 32.1. The number of anilines is 1. The first-order valence-electron chi connectivity index (χ1n) is 5.44. The third kappa shape index (κ3) is 2.00. The molecular weight excluding hydrogens is 248 g/mol. The van der Waals surface area contributed by atoms with Crippen molar-refractivity contribution >= 4 is 33.2 Å². The van der Waals surface area contributed by atoms with Crippen LogP contribution >= 0.6 is 11.3 Å². The molecule has 2 aromatic heterocycles. The fourth-order valence-corrected chi connectivity index (χ4v) is 2.34. The number of nitrogen functional groups attached to an aromatic ring is 1. The Bertz CT molecular complexity index is 681. The maximum atomic E-state index is 12.0. The Morgan fingerprint density at radius 2 is 2.22 bits per heavy atom. The molecule has 0 amide bonds. The largest absolute Gasteiger partial charge is 0.453 e. The van der Waals surface area contributed by atoms with Crippen molar-refractivity contribution < 1.29 is 9.21 Å². The molecule has 0 saturated heterocycles. The van der Waals surface area contributed by atoms with E-state index >= 15 is 0 Å². The molecule has 4 nitrogen and oxygen atoms in total. The molecule has 0 atom stereocenters. The molecule has 3 aromatic rings. The minimum Gasteiger partial charge on any atom is -0.453 e. The Kier molecular flexibility index (Phi) is 2.60. The molecule has 0 bridgehead atoms. The molecule has 0 aliphatic rings. The summed E-state index contributed by atoms with van der Waals surface area (Å²) in [4.78, 5) is 16.1. The Morgan fingerprint density at radius 1 is 1.39 bits per heavy atom. The number of ketones is 1. The first-order chi connectivity index (χ1) is 8.72. The van der Waals surface area contributed by atoms with E-state index in [1.54, 1.807) is 11.4 Å². The summed E-state index contributed by atoms with van der Waals surface area (Å²) in [5.74, 6) is 0.277. The van der Waals surface area contributed by atoms with E-state index in [-0.39, 0.29) is 12.2 Å². The summed E-state index contributed by atoms with van der Waals surface area (Å²) in [6, 6.07) is 9.30. The van der Waals surface area contributed by atoms with Crippen molar-refractivity contribution in [1.29, 1.82) is 0 Å². The zero-order valence-electron chi connectivity index (χ0n) is 9.42. The fourth-order valence-electron chi connectivity index (χ4n) is 1.77. The number of Topliss-reactive ketones (excluding diaryl/α,β-unsaturated/α-hetero) is 1. The van der Waals surface area contributed by atoms with E-state index in [1.807, 2.05) is 24.3 Å². The van der Waals surface area contributed by atoms with Gasteiger partial charge in [-0.2, -0.15) is 0 Å². The van der Waals surface area contributed by atoms with E-state index in [0.717, 1.165) is 11.0 Å². The second-order valence-electron chi connectivity index (χ2n) is 3.93. The van der Waals surface area contributed by atoms with Gasteiger partial charge in [-0.25, -0.2) is 4.98 Å². The molecule has 0 saturated carbocycles. The van der Waals surface area contributed by atoms with Crippen molar-refractivity contribution in [3.63, 3.8) is 0 Å². The number of rotatable bonds is 3. The second kappa shape index (κ2) is 4.27. The number of aromatic nitrogens is 1. The van der Waals surface area contributed by atoms with E-state index in [4.69, 9.17) is 10.2 Å². The highest BCUT2D eigenvalue weighted by Gasteiger charge is 2.14. The first kappa shape index (κ1) is 11.0. The lowest BCUT2D eigenvalue weighted by Crippen LogP contribution is -2.02. The number of nitrogens with zero attached hydrogens (tertiary/aromatic N) is 1. The lowest BCUT2D eigenvalue weighted by Gasteiger charge is -1.92. The maximum absolute atomic E-state index is 12.0. The molecule has 18 heavy (non-hydrogen) atoms. The van der Waals surface area contributed by atoms with Gasteiger partial charge >= 0.3 is 0 Å². The maximum Gasteiger partial charge on any atom is 0.204 e. The van der Waals surface area contributed by atoms with Crippen molar-refractivity contribution in [2.45, 2.75) is 6.42 Å². The summed E-state index contributed by atoms with van der Waals surface area (Å²) in [6.45, 7) is 0. The molecule has 0 aliphatic carbocycles. The molecule has 90 valence electrons. The molecule has 0 aliphatic heterocycles. The van der Waals surface area contributed by atoms with Crippen molar-refractivity contribution in [3.05, 3.63) is 47.2 Å².